The van der Waals surface area contributed by atoms with Gasteiger partial charge in [-0.25, -0.2) is 4.98 Å². The molecule has 0 aliphatic carbocycles. The first-order valence-corrected chi connectivity index (χ1v) is 9.46. The minimum atomic E-state index is -0.0265. The molecule has 1 aliphatic rings. The lowest BCUT2D eigenvalue weighted by Gasteiger charge is -2.24. The first-order chi connectivity index (χ1) is 12.5. The second-order valence-corrected chi connectivity index (χ2v) is 7.36. The van der Waals surface area contributed by atoms with E-state index in [1.807, 2.05) is 28.9 Å². The highest BCUT2D eigenvalue weighted by atomic mass is 16.2. The lowest BCUT2D eigenvalue weighted by molar-refractivity contribution is -0.134. The van der Waals surface area contributed by atoms with E-state index in [9.17, 15) is 4.79 Å². The first-order valence-electron chi connectivity index (χ1n) is 9.46. The number of hydrogen-bond donors (Lipinski definition) is 1. The van der Waals surface area contributed by atoms with Gasteiger partial charge in [0.25, 0.3) is 0 Å². The smallest absolute Gasteiger partial charge is 0.227 e. The van der Waals surface area contributed by atoms with E-state index in [-0.39, 0.29) is 17.7 Å². The van der Waals surface area contributed by atoms with Crippen molar-refractivity contribution in [1.82, 2.24) is 29.5 Å². The second kappa shape index (κ2) is 8.03. The molecule has 1 amide bonds. The normalized spacial score (nSPS) is 20.6. The molecule has 1 saturated heterocycles. The van der Waals surface area contributed by atoms with Gasteiger partial charge < -0.3 is 14.8 Å². The van der Waals surface area contributed by atoms with Crippen LogP contribution in [0.5, 0.6) is 0 Å². The Hall–Kier alpha value is -2.15. The summed E-state index contributed by atoms with van der Waals surface area (Å²) in [6, 6.07) is 1.92. The number of hydrogen-bond acceptors (Lipinski definition) is 4. The number of nitrogens with one attached hydrogen (secondary N) is 1. The molecule has 7 nitrogen and oxygen atoms in total. The number of carbonyl (C=O) groups excluding carboxylic acids is 1. The zero-order valence-corrected chi connectivity index (χ0v) is 16.3. The van der Waals surface area contributed by atoms with Gasteiger partial charge in [-0.2, -0.15) is 5.10 Å². The second-order valence-electron chi connectivity index (χ2n) is 7.36. The molecule has 0 spiro atoms. The molecular formula is C19H30N6O. The van der Waals surface area contributed by atoms with Crippen molar-refractivity contribution in [1.29, 1.82) is 0 Å². The summed E-state index contributed by atoms with van der Waals surface area (Å²) in [5.41, 5.74) is 2.16. The number of carbonyl (C=O) groups is 1. The van der Waals surface area contributed by atoms with E-state index in [0.717, 1.165) is 56.2 Å². The Morgan fingerprint density at radius 2 is 2.23 bits per heavy atom. The third-order valence-electron chi connectivity index (χ3n) is 5.29. The zero-order chi connectivity index (χ0) is 18.7. The number of aromatic amines is 1. The van der Waals surface area contributed by atoms with Crippen LogP contribution < -0.4 is 0 Å². The molecule has 0 radical (unpaired) electrons. The van der Waals surface area contributed by atoms with Crippen molar-refractivity contribution in [3.8, 4) is 0 Å². The number of likely N-dealkylation sites (N-methyl/N-ethyl adjacent to an activating group) is 1. The van der Waals surface area contributed by atoms with Crippen molar-refractivity contribution in [2.45, 2.75) is 39.2 Å². The molecule has 1 N–H and O–H groups in total. The van der Waals surface area contributed by atoms with E-state index in [0.29, 0.717) is 0 Å². The van der Waals surface area contributed by atoms with Gasteiger partial charge in [-0.15, -0.1) is 0 Å². The Morgan fingerprint density at radius 1 is 1.42 bits per heavy atom. The molecule has 0 saturated carbocycles. The van der Waals surface area contributed by atoms with Crippen molar-refractivity contribution in [3.63, 3.8) is 0 Å². The van der Waals surface area contributed by atoms with Crippen LogP contribution in [0.25, 0.3) is 0 Å². The number of aromatic nitrogens is 4. The zero-order valence-electron chi connectivity index (χ0n) is 16.3. The topological polar surface area (TPSA) is 70.1 Å². The van der Waals surface area contributed by atoms with Crippen LogP contribution in [0.2, 0.25) is 0 Å². The van der Waals surface area contributed by atoms with Gasteiger partial charge in [-0.05, 0) is 26.5 Å². The number of amides is 1. The summed E-state index contributed by atoms with van der Waals surface area (Å²) in [7, 11) is 4.00. The third kappa shape index (κ3) is 3.98. The van der Waals surface area contributed by atoms with Gasteiger partial charge in [0.05, 0.1) is 11.6 Å². The van der Waals surface area contributed by atoms with Crippen LogP contribution >= 0.6 is 0 Å². The van der Waals surface area contributed by atoms with E-state index in [1.165, 1.54) is 0 Å². The quantitative estimate of drug-likeness (QED) is 0.817. The van der Waals surface area contributed by atoms with Crippen LogP contribution in [0, 0.1) is 12.8 Å². The molecule has 2 atom stereocenters. The summed E-state index contributed by atoms with van der Waals surface area (Å²) in [5, 5.41) is 4.21. The Labute approximate surface area is 155 Å². The van der Waals surface area contributed by atoms with Gasteiger partial charge in [0, 0.05) is 63.7 Å². The van der Waals surface area contributed by atoms with Crippen molar-refractivity contribution >= 4 is 5.91 Å². The highest BCUT2D eigenvalue weighted by Gasteiger charge is 2.40. The standard InChI is InChI=1S/C19H30N6O/c1-5-17-21-14(2)18(22-17)15-12-23(3)13-16(15)19(26)24(4)9-7-11-25-10-6-8-20-25/h6,8,10,15-16H,5,7,9,11-13H2,1-4H3,(H,21,22)/t15-,16-/m0/s1. The van der Waals surface area contributed by atoms with Crippen molar-refractivity contribution in [2.75, 3.05) is 33.7 Å². The summed E-state index contributed by atoms with van der Waals surface area (Å²) in [4.78, 5) is 25.3. The van der Waals surface area contributed by atoms with E-state index in [1.54, 1.807) is 6.20 Å². The Balaban J connectivity index is 1.64. The van der Waals surface area contributed by atoms with E-state index >= 15 is 0 Å². The minimum Gasteiger partial charge on any atom is -0.346 e. The van der Waals surface area contributed by atoms with Crippen LogP contribution in [-0.2, 0) is 17.8 Å². The Bertz CT molecular complexity index is 722. The molecule has 7 heteroatoms. The van der Waals surface area contributed by atoms with Gasteiger partial charge in [0.1, 0.15) is 5.82 Å². The number of aryl methyl sites for hydroxylation is 3. The predicted molar refractivity (Wildman–Crippen MR) is 101 cm³/mol. The molecular weight excluding hydrogens is 328 g/mol. The summed E-state index contributed by atoms with van der Waals surface area (Å²) < 4.78 is 1.91. The maximum atomic E-state index is 13.1. The lowest BCUT2D eigenvalue weighted by Crippen LogP contribution is -2.37. The molecule has 142 valence electrons. The van der Waals surface area contributed by atoms with Gasteiger partial charge >= 0.3 is 0 Å². The largest absolute Gasteiger partial charge is 0.346 e. The average molecular weight is 358 g/mol. The van der Waals surface area contributed by atoms with Crippen LogP contribution in [0.4, 0.5) is 0 Å². The summed E-state index contributed by atoms with van der Waals surface area (Å²) >= 11 is 0. The molecule has 1 fully saturated rings. The average Bonchev–Trinajstić information content (AvgIpc) is 3.34. The number of H-pyrrole nitrogens is 1. The molecule has 2 aromatic heterocycles. The van der Waals surface area contributed by atoms with Gasteiger partial charge in [0.2, 0.25) is 5.91 Å². The van der Waals surface area contributed by atoms with Crippen LogP contribution in [0.15, 0.2) is 18.5 Å². The van der Waals surface area contributed by atoms with Gasteiger partial charge in [-0.1, -0.05) is 6.92 Å². The molecule has 2 aromatic rings. The number of rotatable bonds is 7. The lowest BCUT2D eigenvalue weighted by atomic mass is 9.90. The van der Waals surface area contributed by atoms with Crippen LogP contribution in [0.3, 0.4) is 0 Å². The SMILES string of the molecule is CCc1nc([C@H]2CN(C)C[C@@H]2C(=O)N(C)CCCn2cccn2)c(C)[nH]1. The van der Waals surface area contributed by atoms with E-state index < -0.39 is 0 Å². The maximum absolute atomic E-state index is 13.1. The Morgan fingerprint density at radius 3 is 2.88 bits per heavy atom. The monoisotopic (exact) mass is 358 g/mol. The molecule has 0 aromatic carbocycles. The highest BCUT2D eigenvalue weighted by Crippen LogP contribution is 2.33. The fourth-order valence-electron chi connectivity index (χ4n) is 3.89. The number of nitrogens with zero attached hydrogens (tertiary/aromatic N) is 5. The summed E-state index contributed by atoms with van der Waals surface area (Å²) in [6.07, 6.45) is 5.52. The fourth-order valence-corrected chi connectivity index (χ4v) is 3.89. The van der Waals surface area contributed by atoms with Crippen LogP contribution in [-0.4, -0.2) is 69.2 Å². The fraction of sp³-hybridized carbons (Fsp3) is 0.632. The van der Waals surface area contributed by atoms with Crippen molar-refractivity contribution in [3.05, 3.63) is 35.7 Å². The van der Waals surface area contributed by atoms with Gasteiger partial charge in [0.15, 0.2) is 0 Å². The molecule has 1 aliphatic heterocycles. The van der Waals surface area contributed by atoms with Crippen molar-refractivity contribution in [2.24, 2.45) is 5.92 Å². The predicted octanol–water partition coefficient (Wildman–Crippen LogP) is 1.67. The Kier molecular flexibility index (Phi) is 5.76. The highest BCUT2D eigenvalue weighted by molar-refractivity contribution is 5.80. The molecule has 26 heavy (non-hydrogen) atoms. The summed E-state index contributed by atoms with van der Waals surface area (Å²) in [6.45, 7) is 7.41. The number of imidazole rings is 1. The minimum absolute atomic E-state index is 0.0265. The molecule has 0 unspecified atom stereocenters. The molecule has 0 bridgehead atoms. The first kappa shape index (κ1) is 18.6. The van der Waals surface area contributed by atoms with Crippen LogP contribution in [0.1, 0.15) is 36.5 Å². The maximum Gasteiger partial charge on any atom is 0.227 e. The number of likely N-dealkylation sites (tertiary alicyclic amines) is 1. The van der Waals surface area contributed by atoms with Crippen molar-refractivity contribution < 1.29 is 4.79 Å². The van der Waals surface area contributed by atoms with E-state index in [2.05, 4.69) is 35.9 Å². The third-order valence-corrected chi connectivity index (χ3v) is 5.29. The van der Waals surface area contributed by atoms with Gasteiger partial charge in [-0.3, -0.25) is 9.48 Å². The molecule has 3 heterocycles. The summed E-state index contributed by atoms with van der Waals surface area (Å²) in [5.74, 6) is 1.37. The van der Waals surface area contributed by atoms with E-state index in [4.69, 9.17) is 4.98 Å². The molecule has 3 rings (SSSR count).